The van der Waals surface area contributed by atoms with Crippen molar-refractivity contribution in [2.45, 2.75) is 19.5 Å². The van der Waals surface area contributed by atoms with Gasteiger partial charge in [-0.2, -0.15) is 0 Å². The van der Waals surface area contributed by atoms with E-state index in [4.69, 9.17) is 0 Å². The lowest BCUT2D eigenvalue weighted by atomic mass is 10.1. The molecule has 112 valence electrons. The van der Waals surface area contributed by atoms with Crippen LogP contribution in [0.1, 0.15) is 24.3 Å². The molecule has 0 spiro atoms. The van der Waals surface area contributed by atoms with Crippen molar-refractivity contribution in [2.24, 2.45) is 0 Å². The van der Waals surface area contributed by atoms with E-state index in [-0.39, 0.29) is 12.1 Å². The predicted octanol–water partition coefficient (Wildman–Crippen LogP) is 2.55. The van der Waals surface area contributed by atoms with Gasteiger partial charge in [0.05, 0.1) is 23.5 Å². The highest BCUT2D eigenvalue weighted by molar-refractivity contribution is 6.03. The third kappa shape index (κ3) is 1.78. The Morgan fingerprint density at radius 3 is 2.91 bits per heavy atom. The molecule has 1 atom stereocenters. The standard InChI is InChI=1S/C17H18N4O/c1-3-21-14-10-15-13(8-11(14)9-16(21)22)19-17(20(15)2)12-6-4-5-7-18-12/h4-8,10,17,19H,3,9H2,1-2H3. The summed E-state index contributed by atoms with van der Waals surface area (Å²) in [6.07, 6.45) is 2.34. The van der Waals surface area contributed by atoms with Crippen LogP contribution in [-0.4, -0.2) is 24.5 Å². The van der Waals surface area contributed by atoms with E-state index < -0.39 is 0 Å². The van der Waals surface area contributed by atoms with E-state index in [1.165, 1.54) is 0 Å². The van der Waals surface area contributed by atoms with Gasteiger partial charge in [-0.15, -0.1) is 0 Å². The van der Waals surface area contributed by atoms with E-state index in [0.29, 0.717) is 13.0 Å². The van der Waals surface area contributed by atoms with E-state index in [2.05, 4.69) is 34.4 Å². The second-order valence-electron chi connectivity index (χ2n) is 5.73. The summed E-state index contributed by atoms with van der Waals surface area (Å²) >= 11 is 0. The largest absolute Gasteiger partial charge is 0.359 e. The fourth-order valence-electron chi connectivity index (χ4n) is 3.36. The number of nitrogens with one attached hydrogen (secondary N) is 1. The van der Waals surface area contributed by atoms with Crippen molar-refractivity contribution in [3.8, 4) is 0 Å². The Labute approximate surface area is 129 Å². The maximum Gasteiger partial charge on any atom is 0.231 e. The Bertz CT molecular complexity index is 744. The van der Waals surface area contributed by atoms with Crippen molar-refractivity contribution in [3.63, 3.8) is 0 Å². The van der Waals surface area contributed by atoms with Gasteiger partial charge in [0.1, 0.15) is 6.17 Å². The molecule has 1 aromatic heterocycles. The molecule has 0 fully saturated rings. The molecule has 2 aliphatic rings. The normalized spacial score (nSPS) is 19.2. The molecule has 5 nitrogen and oxygen atoms in total. The maximum absolute atomic E-state index is 12.0. The van der Waals surface area contributed by atoms with Crippen LogP contribution in [0, 0.1) is 0 Å². The van der Waals surface area contributed by atoms with Gasteiger partial charge in [0.15, 0.2) is 0 Å². The summed E-state index contributed by atoms with van der Waals surface area (Å²) in [5.74, 6) is 0.185. The number of rotatable bonds is 2. The Kier molecular flexibility index (Phi) is 2.82. The first kappa shape index (κ1) is 13.1. The second kappa shape index (κ2) is 4.73. The molecule has 0 aliphatic carbocycles. The molecule has 0 bridgehead atoms. The Hall–Kier alpha value is -2.56. The zero-order valence-corrected chi connectivity index (χ0v) is 12.7. The van der Waals surface area contributed by atoms with E-state index >= 15 is 0 Å². The second-order valence-corrected chi connectivity index (χ2v) is 5.73. The summed E-state index contributed by atoms with van der Waals surface area (Å²) in [6.45, 7) is 2.73. The molecule has 5 heteroatoms. The molecule has 1 amide bonds. The molecular weight excluding hydrogens is 276 g/mol. The molecule has 1 unspecified atom stereocenters. The lowest BCUT2D eigenvalue weighted by Gasteiger charge is -2.22. The first-order valence-electron chi connectivity index (χ1n) is 7.56. The minimum atomic E-state index is 0.0319. The van der Waals surface area contributed by atoms with Crippen LogP contribution in [0.3, 0.4) is 0 Å². The highest BCUT2D eigenvalue weighted by atomic mass is 16.2. The fourth-order valence-corrected chi connectivity index (χ4v) is 3.36. The lowest BCUT2D eigenvalue weighted by Crippen LogP contribution is -2.26. The number of amides is 1. The number of fused-ring (bicyclic) bond motifs is 2. The van der Waals surface area contributed by atoms with Gasteiger partial charge in [-0.05, 0) is 36.8 Å². The Morgan fingerprint density at radius 2 is 2.18 bits per heavy atom. The van der Waals surface area contributed by atoms with Crippen molar-refractivity contribution < 1.29 is 4.79 Å². The smallest absolute Gasteiger partial charge is 0.231 e. The first-order chi connectivity index (χ1) is 10.7. The first-order valence-corrected chi connectivity index (χ1v) is 7.56. The number of carbonyl (C=O) groups excluding carboxylic acids is 1. The predicted molar refractivity (Wildman–Crippen MR) is 87.2 cm³/mol. The van der Waals surface area contributed by atoms with Crippen molar-refractivity contribution in [3.05, 3.63) is 47.8 Å². The summed E-state index contributed by atoms with van der Waals surface area (Å²) in [5.41, 5.74) is 5.32. The van der Waals surface area contributed by atoms with E-state index in [9.17, 15) is 4.79 Å². The third-order valence-corrected chi connectivity index (χ3v) is 4.47. The van der Waals surface area contributed by atoms with Crippen LogP contribution in [0.25, 0.3) is 0 Å². The average molecular weight is 294 g/mol. The summed E-state index contributed by atoms with van der Waals surface area (Å²) in [5, 5.41) is 3.51. The molecule has 22 heavy (non-hydrogen) atoms. The summed E-state index contributed by atoms with van der Waals surface area (Å²) in [6, 6.07) is 10.2. The van der Waals surface area contributed by atoms with E-state index in [1.54, 1.807) is 0 Å². The Morgan fingerprint density at radius 1 is 1.32 bits per heavy atom. The van der Waals surface area contributed by atoms with Gasteiger partial charge in [0.25, 0.3) is 0 Å². The van der Waals surface area contributed by atoms with Gasteiger partial charge in [0, 0.05) is 25.5 Å². The SMILES string of the molecule is CCN1C(=O)Cc2cc3c(cc21)N(C)C(c1ccccn1)N3. The van der Waals surface area contributed by atoms with Gasteiger partial charge in [-0.25, -0.2) is 0 Å². The number of anilines is 3. The van der Waals surface area contributed by atoms with Crippen LogP contribution < -0.4 is 15.1 Å². The molecule has 0 radical (unpaired) electrons. The number of aromatic nitrogens is 1. The highest BCUT2D eigenvalue weighted by Crippen LogP contribution is 2.44. The molecular formula is C17H18N4O. The lowest BCUT2D eigenvalue weighted by molar-refractivity contribution is -0.117. The van der Waals surface area contributed by atoms with Gasteiger partial charge in [-0.3, -0.25) is 9.78 Å². The molecule has 0 saturated carbocycles. The average Bonchev–Trinajstić information content (AvgIpc) is 3.02. The van der Waals surface area contributed by atoms with Gasteiger partial charge < -0.3 is 15.1 Å². The van der Waals surface area contributed by atoms with E-state index in [1.807, 2.05) is 36.2 Å². The Balaban J connectivity index is 1.74. The third-order valence-electron chi connectivity index (χ3n) is 4.47. The number of benzene rings is 1. The number of nitrogens with zero attached hydrogens (tertiary/aromatic N) is 3. The van der Waals surface area contributed by atoms with Crippen LogP contribution >= 0.6 is 0 Å². The highest BCUT2D eigenvalue weighted by Gasteiger charge is 2.33. The van der Waals surface area contributed by atoms with Crippen LogP contribution in [0.5, 0.6) is 0 Å². The minimum Gasteiger partial charge on any atom is -0.359 e. The molecule has 2 aliphatic heterocycles. The van der Waals surface area contributed by atoms with Gasteiger partial charge in [0.2, 0.25) is 5.91 Å². The summed E-state index contributed by atoms with van der Waals surface area (Å²) in [7, 11) is 2.05. The number of likely N-dealkylation sites (N-methyl/N-ethyl adjacent to an activating group) is 1. The molecule has 3 heterocycles. The van der Waals surface area contributed by atoms with Crippen molar-refractivity contribution in [1.82, 2.24) is 4.98 Å². The zero-order chi connectivity index (χ0) is 15.3. The summed E-state index contributed by atoms with van der Waals surface area (Å²) < 4.78 is 0. The molecule has 0 saturated heterocycles. The molecule has 2 aromatic rings. The number of carbonyl (C=O) groups is 1. The number of hydrogen-bond donors (Lipinski definition) is 1. The van der Waals surface area contributed by atoms with Gasteiger partial charge >= 0.3 is 0 Å². The minimum absolute atomic E-state index is 0.0319. The maximum atomic E-state index is 12.0. The molecule has 4 rings (SSSR count). The van der Waals surface area contributed by atoms with Crippen molar-refractivity contribution in [2.75, 3.05) is 28.7 Å². The topological polar surface area (TPSA) is 48.5 Å². The van der Waals surface area contributed by atoms with Crippen LogP contribution in [0.2, 0.25) is 0 Å². The number of hydrogen-bond acceptors (Lipinski definition) is 4. The van der Waals surface area contributed by atoms with Crippen LogP contribution in [-0.2, 0) is 11.2 Å². The fraction of sp³-hybridized carbons (Fsp3) is 0.294. The molecule has 1 aromatic carbocycles. The molecule has 1 N–H and O–H groups in total. The van der Waals surface area contributed by atoms with Gasteiger partial charge in [-0.1, -0.05) is 6.07 Å². The van der Waals surface area contributed by atoms with E-state index in [0.717, 1.165) is 28.3 Å². The van der Waals surface area contributed by atoms with Crippen molar-refractivity contribution >= 4 is 23.0 Å². The van der Waals surface area contributed by atoms with Crippen LogP contribution in [0.4, 0.5) is 17.1 Å². The monoisotopic (exact) mass is 294 g/mol. The van der Waals surface area contributed by atoms with Crippen molar-refractivity contribution in [1.29, 1.82) is 0 Å². The van der Waals surface area contributed by atoms with Crippen LogP contribution in [0.15, 0.2) is 36.5 Å². The number of pyridine rings is 1. The summed E-state index contributed by atoms with van der Waals surface area (Å²) in [4.78, 5) is 20.5. The quantitative estimate of drug-likeness (QED) is 0.925. The zero-order valence-electron chi connectivity index (χ0n) is 12.7.